The first-order valence-electron chi connectivity index (χ1n) is 9.32. The Labute approximate surface area is 172 Å². The number of halogens is 3. The fraction of sp³-hybridized carbons (Fsp3) is 0.444. The average Bonchev–Trinajstić information content (AvgIpc) is 3.17. The quantitative estimate of drug-likeness (QED) is 0.734. The van der Waals surface area contributed by atoms with Gasteiger partial charge in [-0.15, -0.1) is 0 Å². The molecule has 0 radical (unpaired) electrons. The predicted octanol–water partition coefficient (Wildman–Crippen LogP) is 1.87. The van der Waals surface area contributed by atoms with Gasteiger partial charge in [0.15, 0.2) is 5.69 Å². The maximum absolute atomic E-state index is 12.8. The lowest BCUT2D eigenvalue weighted by Crippen LogP contribution is -2.48. The maximum atomic E-state index is 12.8. The van der Waals surface area contributed by atoms with Gasteiger partial charge in [-0.3, -0.25) is 9.48 Å². The molecule has 30 heavy (non-hydrogen) atoms. The van der Waals surface area contributed by atoms with Crippen LogP contribution >= 0.6 is 0 Å². The molecular formula is C18H22F3N5O3S. The number of nitrogens with one attached hydrogen (secondary N) is 1. The number of piperazine rings is 1. The molecule has 164 valence electrons. The molecule has 2 aromatic rings. The van der Waals surface area contributed by atoms with E-state index in [1.807, 2.05) is 6.92 Å². The third-order valence-corrected chi connectivity index (χ3v) is 6.70. The predicted molar refractivity (Wildman–Crippen MR) is 103 cm³/mol. The van der Waals surface area contributed by atoms with Crippen molar-refractivity contribution in [2.24, 2.45) is 0 Å². The summed E-state index contributed by atoms with van der Waals surface area (Å²) < 4.78 is 65.5. The number of aromatic nitrogens is 2. The van der Waals surface area contributed by atoms with Crippen LogP contribution in [-0.4, -0.2) is 66.0 Å². The molecule has 1 aromatic heterocycles. The lowest BCUT2D eigenvalue weighted by molar-refractivity contribution is -0.141. The SMILES string of the molecule is CCN1CCN(S(=O)(=O)c2ccc(NC(=O)Cn3ccc(C(F)(F)F)n3)cc2)CC1. The van der Waals surface area contributed by atoms with E-state index in [0.29, 0.717) is 31.9 Å². The number of alkyl halides is 3. The molecule has 0 spiro atoms. The highest BCUT2D eigenvalue weighted by atomic mass is 32.2. The normalized spacial score (nSPS) is 16.5. The van der Waals surface area contributed by atoms with Crippen LogP contribution in [0.5, 0.6) is 0 Å². The van der Waals surface area contributed by atoms with Crippen LogP contribution in [0, 0.1) is 0 Å². The fourth-order valence-corrected chi connectivity index (χ4v) is 4.52. The highest BCUT2D eigenvalue weighted by Crippen LogP contribution is 2.27. The van der Waals surface area contributed by atoms with Gasteiger partial charge in [0, 0.05) is 38.1 Å². The van der Waals surface area contributed by atoms with Crippen LogP contribution in [0.15, 0.2) is 41.4 Å². The minimum atomic E-state index is -4.58. The van der Waals surface area contributed by atoms with Crippen molar-refractivity contribution in [2.75, 3.05) is 38.0 Å². The number of sulfonamides is 1. The molecule has 0 unspecified atom stereocenters. The van der Waals surface area contributed by atoms with Crippen molar-refractivity contribution < 1.29 is 26.4 Å². The Hall–Kier alpha value is -2.44. The van der Waals surface area contributed by atoms with E-state index in [2.05, 4.69) is 15.3 Å². The molecular weight excluding hydrogens is 423 g/mol. The number of nitrogens with zero attached hydrogens (tertiary/aromatic N) is 4. The van der Waals surface area contributed by atoms with Crippen molar-refractivity contribution in [1.82, 2.24) is 19.0 Å². The summed E-state index contributed by atoms with van der Waals surface area (Å²) in [5.41, 5.74) is -0.748. The zero-order chi connectivity index (χ0) is 21.9. The fourth-order valence-electron chi connectivity index (χ4n) is 3.09. The zero-order valence-electron chi connectivity index (χ0n) is 16.3. The summed E-state index contributed by atoms with van der Waals surface area (Å²) in [6.07, 6.45) is -3.51. The molecule has 1 aromatic carbocycles. The maximum Gasteiger partial charge on any atom is 0.435 e. The molecule has 1 N–H and O–H groups in total. The van der Waals surface area contributed by atoms with Gasteiger partial charge in [-0.2, -0.15) is 22.6 Å². The van der Waals surface area contributed by atoms with E-state index in [9.17, 15) is 26.4 Å². The van der Waals surface area contributed by atoms with Crippen LogP contribution in [0.1, 0.15) is 12.6 Å². The molecule has 0 atom stereocenters. The number of rotatable bonds is 6. The Balaban J connectivity index is 1.60. The van der Waals surface area contributed by atoms with Gasteiger partial charge in [-0.25, -0.2) is 8.42 Å². The van der Waals surface area contributed by atoms with Crippen molar-refractivity contribution in [3.05, 3.63) is 42.2 Å². The van der Waals surface area contributed by atoms with Gasteiger partial charge in [0.1, 0.15) is 6.54 Å². The number of likely N-dealkylation sites (N-methyl/N-ethyl adjacent to an activating group) is 1. The first-order chi connectivity index (χ1) is 14.1. The summed E-state index contributed by atoms with van der Waals surface area (Å²) in [7, 11) is -3.63. The Morgan fingerprint density at radius 1 is 1.10 bits per heavy atom. The molecule has 1 fully saturated rings. The summed E-state index contributed by atoms with van der Waals surface area (Å²) in [4.78, 5) is 14.3. The third kappa shape index (κ3) is 5.18. The highest BCUT2D eigenvalue weighted by molar-refractivity contribution is 7.89. The molecule has 1 saturated heterocycles. The van der Waals surface area contributed by atoms with Crippen molar-refractivity contribution in [2.45, 2.75) is 24.5 Å². The van der Waals surface area contributed by atoms with E-state index in [1.54, 1.807) is 0 Å². The number of benzene rings is 1. The van der Waals surface area contributed by atoms with Gasteiger partial charge in [-0.1, -0.05) is 6.92 Å². The summed E-state index contributed by atoms with van der Waals surface area (Å²) in [5.74, 6) is -0.585. The van der Waals surface area contributed by atoms with Crippen molar-refractivity contribution in [1.29, 1.82) is 0 Å². The molecule has 3 rings (SSSR count). The van der Waals surface area contributed by atoms with Gasteiger partial charge in [-0.05, 0) is 36.9 Å². The van der Waals surface area contributed by atoms with Crippen LogP contribution in [0.2, 0.25) is 0 Å². The molecule has 8 nitrogen and oxygen atoms in total. The van der Waals surface area contributed by atoms with Crippen LogP contribution < -0.4 is 5.32 Å². The third-order valence-electron chi connectivity index (χ3n) is 4.79. The largest absolute Gasteiger partial charge is 0.435 e. The molecule has 0 aliphatic carbocycles. The molecule has 0 bridgehead atoms. The first-order valence-corrected chi connectivity index (χ1v) is 10.8. The first kappa shape index (κ1) is 22.2. The van der Waals surface area contributed by atoms with Gasteiger partial charge < -0.3 is 10.2 Å². The number of hydrogen-bond acceptors (Lipinski definition) is 5. The van der Waals surface area contributed by atoms with E-state index >= 15 is 0 Å². The smallest absolute Gasteiger partial charge is 0.324 e. The lowest BCUT2D eigenvalue weighted by atomic mass is 10.3. The minimum Gasteiger partial charge on any atom is -0.324 e. The lowest BCUT2D eigenvalue weighted by Gasteiger charge is -2.33. The molecule has 1 aliphatic heterocycles. The number of anilines is 1. The van der Waals surface area contributed by atoms with E-state index in [-0.39, 0.29) is 4.90 Å². The van der Waals surface area contributed by atoms with Gasteiger partial charge in [0.05, 0.1) is 4.90 Å². The molecule has 0 saturated carbocycles. The standard InChI is InChI=1S/C18H22F3N5O3S/c1-2-24-9-11-26(12-10-24)30(28,29)15-5-3-14(4-6-15)22-17(27)13-25-8-7-16(23-25)18(19,20)21/h3-8H,2,9-13H2,1H3,(H,22,27). The molecule has 1 amide bonds. The minimum absolute atomic E-state index is 0.118. The van der Waals surface area contributed by atoms with Crippen LogP contribution in [0.4, 0.5) is 18.9 Å². The number of amides is 1. The summed E-state index contributed by atoms with van der Waals surface area (Å²) in [6, 6.07) is 6.46. The molecule has 1 aliphatic rings. The van der Waals surface area contributed by atoms with Crippen LogP contribution in [-0.2, 0) is 27.5 Å². The second kappa shape index (κ2) is 8.74. The zero-order valence-corrected chi connectivity index (χ0v) is 17.1. The van der Waals surface area contributed by atoms with E-state index in [1.165, 1.54) is 28.6 Å². The number of carbonyl (C=O) groups excluding carboxylic acids is 1. The highest BCUT2D eigenvalue weighted by Gasteiger charge is 2.33. The average molecular weight is 445 g/mol. The van der Waals surface area contributed by atoms with Crippen LogP contribution in [0.3, 0.4) is 0 Å². The number of carbonyl (C=O) groups is 1. The summed E-state index contributed by atoms with van der Waals surface area (Å²) >= 11 is 0. The summed E-state index contributed by atoms with van der Waals surface area (Å²) in [5, 5.41) is 5.83. The van der Waals surface area contributed by atoms with Gasteiger partial charge >= 0.3 is 6.18 Å². The summed E-state index contributed by atoms with van der Waals surface area (Å²) in [6.45, 7) is 4.67. The van der Waals surface area contributed by atoms with Crippen molar-refractivity contribution in [3.63, 3.8) is 0 Å². The topological polar surface area (TPSA) is 87.5 Å². The second-order valence-electron chi connectivity index (χ2n) is 6.81. The van der Waals surface area contributed by atoms with Gasteiger partial charge in [0.25, 0.3) is 0 Å². The molecule has 2 heterocycles. The van der Waals surface area contributed by atoms with Gasteiger partial charge in [0.2, 0.25) is 15.9 Å². The van der Waals surface area contributed by atoms with E-state index < -0.39 is 34.3 Å². The Kier molecular flexibility index (Phi) is 6.48. The molecule has 12 heteroatoms. The Morgan fingerprint density at radius 3 is 2.27 bits per heavy atom. The second-order valence-corrected chi connectivity index (χ2v) is 8.75. The monoisotopic (exact) mass is 445 g/mol. The Bertz CT molecular complexity index is 981. The van der Waals surface area contributed by atoms with E-state index in [0.717, 1.165) is 23.5 Å². The van der Waals surface area contributed by atoms with Crippen LogP contribution in [0.25, 0.3) is 0 Å². The Morgan fingerprint density at radius 2 is 1.73 bits per heavy atom. The van der Waals surface area contributed by atoms with Crippen molar-refractivity contribution in [3.8, 4) is 0 Å². The van der Waals surface area contributed by atoms with Crippen molar-refractivity contribution >= 4 is 21.6 Å². The number of hydrogen-bond donors (Lipinski definition) is 1. The van der Waals surface area contributed by atoms with E-state index in [4.69, 9.17) is 0 Å².